The number of allylic oxidation sites excluding steroid dienone is 1. The molecule has 1 aliphatic carbocycles. The van der Waals surface area contributed by atoms with Crippen LogP contribution in [0, 0.1) is 0 Å². The molecule has 1 unspecified atom stereocenters. The Balaban J connectivity index is 1.33. The number of anilines is 1. The Morgan fingerprint density at radius 1 is 0.686 bits per heavy atom. The van der Waals surface area contributed by atoms with E-state index in [2.05, 4.69) is 41.4 Å². The minimum atomic E-state index is -0.213. The van der Waals surface area contributed by atoms with Crippen molar-refractivity contribution < 1.29 is 9.59 Å². The third-order valence-corrected chi connectivity index (χ3v) is 6.58. The predicted molar refractivity (Wildman–Crippen MR) is 139 cm³/mol. The van der Waals surface area contributed by atoms with Gasteiger partial charge in [0.05, 0.1) is 23.0 Å². The summed E-state index contributed by atoms with van der Waals surface area (Å²) in [6.07, 6.45) is 2.49. The molecule has 0 aromatic heterocycles. The smallest absolute Gasteiger partial charge is 0.197 e. The number of ketones is 2. The summed E-state index contributed by atoms with van der Waals surface area (Å²) >= 11 is 0. The number of rotatable bonds is 4. The molecule has 0 amide bonds. The molecule has 2 aliphatic rings. The Morgan fingerprint density at radius 2 is 1.26 bits per heavy atom. The lowest BCUT2D eigenvalue weighted by Gasteiger charge is -2.24. The predicted octanol–water partition coefficient (Wildman–Crippen LogP) is 6.50. The van der Waals surface area contributed by atoms with Crippen LogP contribution in [-0.2, 0) is 0 Å². The van der Waals surface area contributed by atoms with Crippen molar-refractivity contribution in [3.8, 4) is 0 Å². The van der Waals surface area contributed by atoms with Gasteiger partial charge < -0.3 is 0 Å². The van der Waals surface area contributed by atoms with Crippen LogP contribution in [0.5, 0.6) is 0 Å². The van der Waals surface area contributed by atoms with Crippen molar-refractivity contribution in [3.05, 3.63) is 143 Å². The van der Waals surface area contributed by atoms with Crippen LogP contribution in [0.3, 0.4) is 0 Å². The molecule has 0 bridgehead atoms. The fourth-order valence-corrected chi connectivity index (χ4v) is 4.78. The van der Waals surface area contributed by atoms with Crippen molar-refractivity contribution in [1.29, 1.82) is 0 Å². The number of nitrogens with zero attached hydrogens (tertiary/aromatic N) is 2. The molecule has 4 heteroatoms. The van der Waals surface area contributed by atoms with Crippen molar-refractivity contribution in [2.75, 3.05) is 5.01 Å². The van der Waals surface area contributed by atoms with Crippen molar-refractivity contribution in [2.24, 2.45) is 5.10 Å². The van der Waals surface area contributed by atoms with Crippen LogP contribution in [0.2, 0.25) is 0 Å². The zero-order valence-electron chi connectivity index (χ0n) is 19.0. The number of hydrazone groups is 1. The summed E-state index contributed by atoms with van der Waals surface area (Å²) in [6.45, 7) is 0. The van der Waals surface area contributed by atoms with E-state index in [-0.39, 0.29) is 23.2 Å². The first-order valence-corrected chi connectivity index (χ1v) is 11.7. The molecule has 1 aliphatic heterocycles. The van der Waals surface area contributed by atoms with Gasteiger partial charge in [-0.25, -0.2) is 0 Å². The molecular weight excluding hydrogens is 432 g/mol. The summed E-state index contributed by atoms with van der Waals surface area (Å²) in [5.41, 5.74) is 6.30. The van der Waals surface area contributed by atoms with E-state index in [1.54, 1.807) is 30.3 Å². The standard InChI is InChI=1S/C31H22N2O2/c34-30-25-13-7-8-14-26(25)31(35)27(30)19-21-15-17-24(18-16-21)33-29(23-11-5-2-6-12-23)20-28(32-33)22-9-3-1-4-10-22/h1-19,29H,20H2. The van der Waals surface area contributed by atoms with Crippen LogP contribution in [-0.4, -0.2) is 17.3 Å². The van der Waals surface area contributed by atoms with E-state index in [1.165, 1.54) is 5.56 Å². The second-order valence-electron chi connectivity index (χ2n) is 8.74. The van der Waals surface area contributed by atoms with E-state index >= 15 is 0 Å². The number of hydrogen-bond acceptors (Lipinski definition) is 4. The molecule has 0 N–H and O–H groups in total. The number of carbonyl (C=O) groups excluding carboxylic acids is 2. The molecule has 0 saturated heterocycles. The van der Waals surface area contributed by atoms with E-state index < -0.39 is 0 Å². The van der Waals surface area contributed by atoms with Gasteiger partial charge in [0, 0.05) is 17.5 Å². The lowest BCUT2D eigenvalue weighted by molar-refractivity contribution is 0.0990. The van der Waals surface area contributed by atoms with Crippen LogP contribution in [0.1, 0.15) is 49.9 Å². The number of fused-ring (bicyclic) bond motifs is 1. The average molecular weight is 455 g/mol. The highest BCUT2D eigenvalue weighted by atomic mass is 16.2. The molecule has 0 saturated carbocycles. The molecule has 168 valence electrons. The minimum absolute atomic E-state index is 0.0862. The van der Waals surface area contributed by atoms with E-state index in [4.69, 9.17) is 5.10 Å². The van der Waals surface area contributed by atoms with Gasteiger partial charge in [0.15, 0.2) is 11.6 Å². The molecular formula is C31H22N2O2. The molecule has 0 spiro atoms. The quantitative estimate of drug-likeness (QED) is 0.261. The van der Waals surface area contributed by atoms with Crippen LogP contribution in [0.4, 0.5) is 5.69 Å². The van der Waals surface area contributed by atoms with Gasteiger partial charge in [-0.15, -0.1) is 0 Å². The number of carbonyl (C=O) groups is 2. The first kappa shape index (κ1) is 21.0. The summed E-state index contributed by atoms with van der Waals surface area (Å²) < 4.78 is 0. The number of Topliss-reactive ketones (excluding diaryl/α,β-unsaturated/α-hetero) is 2. The van der Waals surface area contributed by atoms with Gasteiger partial charge in [0.25, 0.3) is 0 Å². The summed E-state index contributed by atoms with van der Waals surface area (Å²) in [7, 11) is 0. The Hall–Kier alpha value is -4.57. The van der Waals surface area contributed by atoms with Crippen LogP contribution >= 0.6 is 0 Å². The van der Waals surface area contributed by atoms with Gasteiger partial charge in [-0.2, -0.15) is 5.10 Å². The molecule has 6 rings (SSSR count). The zero-order chi connectivity index (χ0) is 23.8. The second kappa shape index (κ2) is 8.65. The molecule has 35 heavy (non-hydrogen) atoms. The molecule has 0 fully saturated rings. The van der Waals surface area contributed by atoms with Crippen molar-refractivity contribution in [3.63, 3.8) is 0 Å². The van der Waals surface area contributed by atoms with E-state index in [9.17, 15) is 9.59 Å². The van der Waals surface area contributed by atoms with Gasteiger partial charge in [-0.3, -0.25) is 14.6 Å². The van der Waals surface area contributed by atoms with Gasteiger partial charge in [0.1, 0.15) is 0 Å². The van der Waals surface area contributed by atoms with E-state index in [1.807, 2.05) is 48.5 Å². The topological polar surface area (TPSA) is 49.7 Å². The summed E-state index contributed by atoms with van der Waals surface area (Å²) in [6, 6.07) is 35.6. The Kier molecular flexibility index (Phi) is 5.19. The maximum atomic E-state index is 12.7. The molecule has 4 aromatic rings. The van der Waals surface area contributed by atoms with Gasteiger partial charge in [0.2, 0.25) is 0 Å². The summed E-state index contributed by atoms with van der Waals surface area (Å²) in [5, 5.41) is 7.06. The molecule has 4 aromatic carbocycles. The lowest BCUT2D eigenvalue weighted by Crippen LogP contribution is -2.18. The highest BCUT2D eigenvalue weighted by molar-refractivity contribution is 6.41. The highest BCUT2D eigenvalue weighted by Gasteiger charge is 2.33. The zero-order valence-corrected chi connectivity index (χ0v) is 19.0. The SMILES string of the molecule is O=C1C(=Cc2ccc(N3N=C(c4ccccc4)CC3c3ccccc3)cc2)C(=O)c2ccccc21. The van der Waals surface area contributed by atoms with Crippen molar-refractivity contribution in [2.45, 2.75) is 12.5 Å². The number of hydrogen-bond donors (Lipinski definition) is 0. The Bertz CT molecular complexity index is 1450. The first-order valence-electron chi connectivity index (χ1n) is 11.7. The average Bonchev–Trinajstić information content (AvgIpc) is 3.47. The number of benzene rings is 4. The van der Waals surface area contributed by atoms with Gasteiger partial charge in [-0.05, 0) is 34.9 Å². The van der Waals surface area contributed by atoms with Crippen LogP contribution < -0.4 is 5.01 Å². The monoisotopic (exact) mass is 454 g/mol. The third kappa shape index (κ3) is 3.79. The maximum absolute atomic E-state index is 12.7. The van der Waals surface area contributed by atoms with Crippen LogP contribution in [0.25, 0.3) is 6.08 Å². The van der Waals surface area contributed by atoms with Gasteiger partial charge >= 0.3 is 0 Å². The van der Waals surface area contributed by atoms with Crippen LogP contribution in [0.15, 0.2) is 120 Å². The Morgan fingerprint density at radius 3 is 1.89 bits per heavy atom. The normalized spacial score (nSPS) is 16.9. The molecule has 1 atom stereocenters. The largest absolute Gasteiger partial charge is 0.288 e. The summed E-state index contributed by atoms with van der Waals surface area (Å²) in [5.74, 6) is -0.425. The summed E-state index contributed by atoms with van der Waals surface area (Å²) in [4.78, 5) is 25.5. The fraction of sp³-hybridized carbons (Fsp3) is 0.0645. The highest BCUT2D eigenvalue weighted by Crippen LogP contribution is 2.37. The van der Waals surface area contributed by atoms with E-state index in [0.29, 0.717) is 11.1 Å². The van der Waals surface area contributed by atoms with Crippen molar-refractivity contribution in [1.82, 2.24) is 0 Å². The molecule has 4 nitrogen and oxygen atoms in total. The van der Waals surface area contributed by atoms with E-state index in [0.717, 1.165) is 28.9 Å². The van der Waals surface area contributed by atoms with Gasteiger partial charge in [-0.1, -0.05) is 97.1 Å². The second-order valence-corrected chi connectivity index (χ2v) is 8.74. The maximum Gasteiger partial charge on any atom is 0.197 e. The van der Waals surface area contributed by atoms with Crippen molar-refractivity contribution >= 4 is 29.0 Å². The lowest BCUT2D eigenvalue weighted by atomic mass is 9.98. The first-order chi connectivity index (χ1) is 17.2. The minimum Gasteiger partial charge on any atom is -0.288 e. The Labute approximate surface area is 203 Å². The molecule has 0 radical (unpaired) electrons. The molecule has 1 heterocycles. The fourth-order valence-electron chi connectivity index (χ4n) is 4.78. The third-order valence-electron chi connectivity index (χ3n) is 6.58.